The number of hydrogen-bond donors (Lipinski definition) is 2. The van der Waals surface area contributed by atoms with Gasteiger partial charge in [-0.25, -0.2) is 8.42 Å². The van der Waals surface area contributed by atoms with E-state index in [0.29, 0.717) is 12.3 Å². The van der Waals surface area contributed by atoms with Crippen molar-refractivity contribution < 1.29 is 17.9 Å². The van der Waals surface area contributed by atoms with Crippen LogP contribution in [0.4, 0.5) is 0 Å². The van der Waals surface area contributed by atoms with Crippen LogP contribution in [-0.4, -0.2) is 46.8 Å². The first-order valence-corrected chi connectivity index (χ1v) is 10.3. The molecule has 0 aliphatic carbocycles. The molecule has 1 atom stereocenters. The lowest BCUT2D eigenvalue weighted by molar-refractivity contribution is -0.124. The quantitative estimate of drug-likeness (QED) is 0.764. The minimum Gasteiger partial charge on any atom is -0.497 e. The molecule has 1 saturated heterocycles. The van der Waals surface area contributed by atoms with E-state index in [2.05, 4.69) is 17.6 Å². The summed E-state index contributed by atoms with van der Waals surface area (Å²) in [6.07, 6.45) is 2.01. The van der Waals surface area contributed by atoms with Gasteiger partial charge in [0.25, 0.3) is 0 Å². The molecule has 0 saturated carbocycles. The molecule has 0 aromatic heterocycles. The Balaban J connectivity index is 1.92. The van der Waals surface area contributed by atoms with E-state index in [4.69, 9.17) is 4.74 Å². The first kappa shape index (κ1) is 19.7. The van der Waals surface area contributed by atoms with E-state index in [1.165, 1.54) is 19.2 Å². The molecule has 7 heteroatoms. The SMILES string of the molecule is COc1ccc(S(=O)(=O)CC(C)C(=O)NCC2(C)CCNCC2)cc1. The average Bonchev–Trinajstić information content (AvgIpc) is 2.60. The molecule has 0 spiro atoms. The summed E-state index contributed by atoms with van der Waals surface area (Å²) in [5.41, 5.74) is 0.0789. The average molecular weight is 368 g/mol. The molecule has 1 aliphatic heterocycles. The number of hydrogen-bond acceptors (Lipinski definition) is 5. The van der Waals surface area contributed by atoms with Gasteiger partial charge in [-0.2, -0.15) is 0 Å². The van der Waals surface area contributed by atoms with Crippen LogP contribution in [0.2, 0.25) is 0 Å². The summed E-state index contributed by atoms with van der Waals surface area (Å²) in [7, 11) is -1.99. The van der Waals surface area contributed by atoms with Crippen LogP contribution in [0.25, 0.3) is 0 Å². The van der Waals surface area contributed by atoms with Crippen molar-refractivity contribution in [3.63, 3.8) is 0 Å². The molecule has 0 bridgehead atoms. The highest BCUT2D eigenvalue weighted by Crippen LogP contribution is 2.27. The zero-order chi connectivity index (χ0) is 18.5. The third-order valence-electron chi connectivity index (χ3n) is 4.84. The van der Waals surface area contributed by atoms with E-state index in [9.17, 15) is 13.2 Å². The third-order valence-corrected chi connectivity index (χ3v) is 6.76. The fraction of sp³-hybridized carbons (Fsp3) is 0.611. The maximum Gasteiger partial charge on any atom is 0.223 e. The molecule has 1 aliphatic rings. The minimum absolute atomic E-state index is 0.0789. The Hall–Kier alpha value is -1.60. The molecule has 1 amide bonds. The lowest BCUT2D eigenvalue weighted by Crippen LogP contribution is -2.44. The zero-order valence-corrected chi connectivity index (χ0v) is 16.0. The van der Waals surface area contributed by atoms with Crippen LogP contribution in [0.15, 0.2) is 29.2 Å². The van der Waals surface area contributed by atoms with Gasteiger partial charge in [0.15, 0.2) is 9.84 Å². The molecule has 1 heterocycles. The molecular formula is C18H28N2O4S. The number of carbonyl (C=O) groups excluding carboxylic acids is 1. The Kier molecular flexibility index (Phi) is 6.46. The molecule has 0 radical (unpaired) electrons. The number of piperidine rings is 1. The monoisotopic (exact) mass is 368 g/mol. The highest BCUT2D eigenvalue weighted by molar-refractivity contribution is 7.91. The van der Waals surface area contributed by atoms with Crippen LogP contribution >= 0.6 is 0 Å². The van der Waals surface area contributed by atoms with Crippen molar-refractivity contribution in [2.24, 2.45) is 11.3 Å². The van der Waals surface area contributed by atoms with E-state index in [1.807, 2.05) is 0 Å². The van der Waals surface area contributed by atoms with Gasteiger partial charge in [-0.3, -0.25) is 4.79 Å². The third kappa shape index (κ3) is 5.44. The van der Waals surface area contributed by atoms with Crippen molar-refractivity contribution in [1.82, 2.24) is 10.6 Å². The summed E-state index contributed by atoms with van der Waals surface area (Å²) < 4.78 is 30.0. The zero-order valence-electron chi connectivity index (χ0n) is 15.2. The van der Waals surface area contributed by atoms with E-state index in [1.54, 1.807) is 19.1 Å². The van der Waals surface area contributed by atoms with Crippen LogP contribution in [0.1, 0.15) is 26.7 Å². The van der Waals surface area contributed by atoms with Gasteiger partial charge >= 0.3 is 0 Å². The second kappa shape index (κ2) is 8.19. The maximum atomic E-state index is 12.5. The summed E-state index contributed by atoms with van der Waals surface area (Å²) in [6, 6.07) is 6.23. The van der Waals surface area contributed by atoms with Crippen molar-refractivity contribution in [2.45, 2.75) is 31.6 Å². The highest BCUT2D eigenvalue weighted by Gasteiger charge is 2.29. The van der Waals surface area contributed by atoms with Gasteiger partial charge in [-0.1, -0.05) is 13.8 Å². The molecule has 1 aromatic rings. The predicted octanol–water partition coefficient (Wildman–Crippen LogP) is 1.61. The topological polar surface area (TPSA) is 84.5 Å². The number of sulfone groups is 1. The van der Waals surface area contributed by atoms with Crippen LogP contribution in [0.5, 0.6) is 5.75 Å². The first-order valence-electron chi connectivity index (χ1n) is 8.61. The number of amides is 1. The van der Waals surface area contributed by atoms with Gasteiger partial charge in [0.2, 0.25) is 5.91 Å². The van der Waals surface area contributed by atoms with Crippen LogP contribution < -0.4 is 15.4 Å². The van der Waals surface area contributed by atoms with Crippen molar-refractivity contribution in [3.05, 3.63) is 24.3 Å². The lowest BCUT2D eigenvalue weighted by atomic mass is 9.81. The van der Waals surface area contributed by atoms with Gasteiger partial charge in [-0.05, 0) is 55.6 Å². The normalized spacial score (nSPS) is 18.4. The summed E-state index contributed by atoms with van der Waals surface area (Å²) in [4.78, 5) is 12.5. The first-order chi connectivity index (χ1) is 11.8. The molecule has 1 fully saturated rings. The van der Waals surface area contributed by atoms with E-state index in [0.717, 1.165) is 25.9 Å². The largest absolute Gasteiger partial charge is 0.497 e. The number of ether oxygens (including phenoxy) is 1. The number of nitrogens with one attached hydrogen (secondary N) is 2. The number of carbonyl (C=O) groups is 1. The van der Waals surface area contributed by atoms with Gasteiger partial charge in [0.1, 0.15) is 5.75 Å². The maximum absolute atomic E-state index is 12.5. The fourth-order valence-corrected chi connectivity index (χ4v) is 4.52. The summed E-state index contributed by atoms with van der Waals surface area (Å²) >= 11 is 0. The van der Waals surface area contributed by atoms with Crippen LogP contribution in [0.3, 0.4) is 0 Å². The van der Waals surface area contributed by atoms with Crippen LogP contribution in [0, 0.1) is 11.3 Å². The summed E-state index contributed by atoms with van der Waals surface area (Å²) in [5, 5.41) is 6.24. The Morgan fingerprint density at radius 3 is 2.44 bits per heavy atom. The van der Waals surface area contributed by atoms with E-state index in [-0.39, 0.29) is 22.0 Å². The predicted molar refractivity (Wildman–Crippen MR) is 97.4 cm³/mol. The highest BCUT2D eigenvalue weighted by atomic mass is 32.2. The smallest absolute Gasteiger partial charge is 0.223 e. The Morgan fingerprint density at radius 2 is 1.88 bits per heavy atom. The fourth-order valence-electron chi connectivity index (χ4n) is 2.97. The molecule has 140 valence electrons. The van der Waals surface area contributed by atoms with E-state index >= 15 is 0 Å². The molecule has 25 heavy (non-hydrogen) atoms. The Bertz CT molecular complexity index is 680. The number of benzene rings is 1. The molecule has 2 rings (SSSR count). The Morgan fingerprint density at radius 1 is 1.28 bits per heavy atom. The van der Waals surface area contributed by atoms with Crippen molar-refractivity contribution >= 4 is 15.7 Å². The molecule has 6 nitrogen and oxygen atoms in total. The molecule has 1 aromatic carbocycles. The summed E-state index contributed by atoms with van der Waals surface area (Å²) in [6.45, 7) is 6.30. The van der Waals surface area contributed by atoms with Crippen LogP contribution in [-0.2, 0) is 14.6 Å². The molecular weight excluding hydrogens is 340 g/mol. The van der Waals surface area contributed by atoms with Gasteiger partial charge in [0, 0.05) is 12.5 Å². The van der Waals surface area contributed by atoms with Gasteiger partial charge < -0.3 is 15.4 Å². The molecule has 2 N–H and O–H groups in total. The summed E-state index contributed by atoms with van der Waals surface area (Å²) in [5.74, 6) is -0.419. The van der Waals surface area contributed by atoms with Crippen molar-refractivity contribution in [3.8, 4) is 5.75 Å². The second-order valence-electron chi connectivity index (χ2n) is 7.14. The minimum atomic E-state index is -3.51. The second-order valence-corrected chi connectivity index (χ2v) is 9.17. The van der Waals surface area contributed by atoms with Crippen molar-refractivity contribution in [1.29, 1.82) is 0 Å². The lowest BCUT2D eigenvalue weighted by Gasteiger charge is -2.34. The van der Waals surface area contributed by atoms with Crippen molar-refractivity contribution in [2.75, 3.05) is 32.5 Å². The number of methoxy groups -OCH3 is 1. The van der Waals surface area contributed by atoms with Gasteiger partial charge in [0.05, 0.1) is 17.8 Å². The standard InChI is InChI=1S/C18H28N2O4S/c1-14(17(21)20-13-18(2)8-10-19-11-9-18)12-25(22,23)16-6-4-15(24-3)5-7-16/h4-7,14,19H,8-13H2,1-3H3,(H,20,21). The Labute approximate surface area is 150 Å². The van der Waals surface area contributed by atoms with Gasteiger partial charge in [-0.15, -0.1) is 0 Å². The van der Waals surface area contributed by atoms with E-state index < -0.39 is 15.8 Å². The molecule has 1 unspecified atom stereocenters. The number of rotatable bonds is 7.